The summed E-state index contributed by atoms with van der Waals surface area (Å²) >= 11 is 0. The number of hydrogen-bond acceptors (Lipinski definition) is 5. The molecule has 1 heterocycles. The highest BCUT2D eigenvalue weighted by atomic mass is 32.2. The van der Waals surface area contributed by atoms with Gasteiger partial charge in [0.1, 0.15) is 0 Å². The molecule has 1 saturated heterocycles. The van der Waals surface area contributed by atoms with E-state index in [1.54, 1.807) is 24.3 Å². The van der Waals surface area contributed by atoms with E-state index in [4.69, 9.17) is 4.74 Å². The van der Waals surface area contributed by atoms with Gasteiger partial charge in [-0.25, -0.2) is 13.2 Å². The van der Waals surface area contributed by atoms with Gasteiger partial charge in [-0.3, -0.25) is 0 Å². The Bertz CT molecular complexity index is 580. The SMILES string of the molecule is CCCCOC(=O)c1ccc(NC2CCS(=O)(=O)C2)cc1. The Morgan fingerprint density at radius 2 is 2.05 bits per heavy atom. The van der Waals surface area contributed by atoms with Crippen molar-refractivity contribution in [1.82, 2.24) is 0 Å². The van der Waals surface area contributed by atoms with Gasteiger partial charge in [-0.1, -0.05) is 13.3 Å². The fourth-order valence-electron chi connectivity index (χ4n) is 2.24. The molecule has 21 heavy (non-hydrogen) atoms. The van der Waals surface area contributed by atoms with Gasteiger partial charge in [0.15, 0.2) is 9.84 Å². The number of unbranched alkanes of at least 4 members (excludes halogenated alkanes) is 1. The third-order valence-corrected chi connectivity index (χ3v) is 5.22. The molecule has 2 rings (SSSR count). The molecule has 6 heteroatoms. The van der Waals surface area contributed by atoms with Gasteiger partial charge in [-0.2, -0.15) is 0 Å². The lowest BCUT2D eigenvalue weighted by Crippen LogP contribution is -2.20. The minimum Gasteiger partial charge on any atom is -0.462 e. The third kappa shape index (κ3) is 4.74. The first-order valence-electron chi connectivity index (χ1n) is 7.24. The van der Waals surface area contributed by atoms with Crippen molar-refractivity contribution in [3.05, 3.63) is 29.8 Å². The van der Waals surface area contributed by atoms with Crippen LogP contribution in [-0.2, 0) is 14.6 Å². The maximum absolute atomic E-state index is 11.7. The largest absolute Gasteiger partial charge is 0.462 e. The molecule has 1 aromatic rings. The quantitative estimate of drug-likeness (QED) is 0.644. The summed E-state index contributed by atoms with van der Waals surface area (Å²) in [5.41, 5.74) is 1.33. The number of anilines is 1. The van der Waals surface area contributed by atoms with Gasteiger partial charge in [0.2, 0.25) is 0 Å². The second kappa shape index (κ2) is 6.93. The van der Waals surface area contributed by atoms with Crippen LogP contribution in [0.5, 0.6) is 0 Å². The van der Waals surface area contributed by atoms with Crippen molar-refractivity contribution in [3.63, 3.8) is 0 Å². The van der Waals surface area contributed by atoms with E-state index in [1.165, 1.54) is 0 Å². The van der Waals surface area contributed by atoms with E-state index in [1.807, 2.05) is 6.92 Å². The number of esters is 1. The van der Waals surface area contributed by atoms with Crippen LogP contribution in [0.4, 0.5) is 5.69 Å². The molecule has 1 aliphatic rings. The van der Waals surface area contributed by atoms with Crippen LogP contribution < -0.4 is 5.32 Å². The monoisotopic (exact) mass is 311 g/mol. The molecule has 1 aliphatic heterocycles. The zero-order chi connectivity index (χ0) is 15.3. The highest BCUT2D eigenvalue weighted by Gasteiger charge is 2.27. The average molecular weight is 311 g/mol. The van der Waals surface area contributed by atoms with Crippen LogP contribution >= 0.6 is 0 Å². The maximum atomic E-state index is 11.7. The molecule has 1 unspecified atom stereocenters. The van der Waals surface area contributed by atoms with Crippen molar-refractivity contribution in [1.29, 1.82) is 0 Å². The zero-order valence-electron chi connectivity index (χ0n) is 12.2. The molecule has 0 aromatic heterocycles. The third-order valence-electron chi connectivity index (χ3n) is 3.45. The first kappa shape index (κ1) is 15.8. The number of benzene rings is 1. The highest BCUT2D eigenvalue weighted by Crippen LogP contribution is 2.18. The van der Waals surface area contributed by atoms with Crippen molar-refractivity contribution >= 4 is 21.5 Å². The molecule has 0 amide bonds. The minimum atomic E-state index is -2.89. The predicted octanol–water partition coefficient (Wildman–Crippen LogP) is 2.24. The van der Waals surface area contributed by atoms with Gasteiger partial charge in [0.05, 0.1) is 23.7 Å². The second-order valence-electron chi connectivity index (χ2n) is 5.31. The van der Waals surface area contributed by atoms with Crippen molar-refractivity contribution in [2.75, 3.05) is 23.4 Å². The molecule has 0 saturated carbocycles. The molecule has 1 atom stereocenters. The van der Waals surface area contributed by atoms with Gasteiger partial charge >= 0.3 is 5.97 Å². The number of hydrogen-bond donors (Lipinski definition) is 1. The van der Waals surface area contributed by atoms with Crippen molar-refractivity contribution in [3.8, 4) is 0 Å². The molecular weight excluding hydrogens is 290 g/mol. The van der Waals surface area contributed by atoms with E-state index in [0.717, 1.165) is 18.5 Å². The first-order valence-corrected chi connectivity index (χ1v) is 9.06. The molecule has 116 valence electrons. The number of ether oxygens (including phenoxy) is 1. The van der Waals surface area contributed by atoms with Gasteiger partial charge < -0.3 is 10.1 Å². The summed E-state index contributed by atoms with van der Waals surface area (Å²) in [4.78, 5) is 11.7. The number of rotatable bonds is 6. The van der Waals surface area contributed by atoms with E-state index in [2.05, 4.69) is 5.32 Å². The van der Waals surface area contributed by atoms with Crippen LogP contribution in [0, 0.1) is 0 Å². The highest BCUT2D eigenvalue weighted by molar-refractivity contribution is 7.91. The van der Waals surface area contributed by atoms with Crippen LogP contribution in [0.1, 0.15) is 36.5 Å². The number of carbonyl (C=O) groups is 1. The lowest BCUT2D eigenvalue weighted by molar-refractivity contribution is 0.0500. The first-order chi connectivity index (χ1) is 10.00. The summed E-state index contributed by atoms with van der Waals surface area (Å²) in [7, 11) is -2.89. The van der Waals surface area contributed by atoms with Crippen molar-refractivity contribution < 1.29 is 17.9 Å². The van der Waals surface area contributed by atoms with Crippen LogP contribution in [-0.4, -0.2) is 38.5 Å². The molecule has 0 spiro atoms. The van der Waals surface area contributed by atoms with Gasteiger partial charge in [-0.15, -0.1) is 0 Å². The Morgan fingerprint density at radius 3 is 2.62 bits per heavy atom. The van der Waals surface area contributed by atoms with E-state index < -0.39 is 9.84 Å². The zero-order valence-corrected chi connectivity index (χ0v) is 13.0. The fourth-order valence-corrected chi connectivity index (χ4v) is 3.91. The Labute approximate surface area is 125 Å². The van der Waals surface area contributed by atoms with E-state index >= 15 is 0 Å². The second-order valence-corrected chi connectivity index (χ2v) is 7.54. The molecule has 0 aliphatic carbocycles. The molecule has 0 radical (unpaired) electrons. The van der Waals surface area contributed by atoms with E-state index in [-0.39, 0.29) is 23.5 Å². The smallest absolute Gasteiger partial charge is 0.338 e. The normalized spacial score (nSPS) is 20.1. The van der Waals surface area contributed by atoms with E-state index in [9.17, 15) is 13.2 Å². The van der Waals surface area contributed by atoms with Crippen LogP contribution in [0.15, 0.2) is 24.3 Å². The van der Waals surface area contributed by atoms with E-state index in [0.29, 0.717) is 18.6 Å². The number of carbonyl (C=O) groups excluding carboxylic acids is 1. The average Bonchev–Trinajstić information content (AvgIpc) is 2.79. The maximum Gasteiger partial charge on any atom is 0.338 e. The van der Waals surface area contributed by atoms with Gasteiger partial charge in [0, 0.05) is 11.7 Å². The van der Waals surface area contributed by atoms with Crippen LogP contribution in [0.3, 0.4) is 0 Å². The molecular formula is C15H21NO4S. The molecule has 5 nitrogen and oxygen atoms in total. The molecule has 1 aromatic carbocycles. The summed E-state index contributed by atoms with van der Waals surface area (Å²) in [6, 6.07) is 6.90. The summed E-state index contributed by atoms with van der Waals surface area (Å²) in [5, 5.41) is 3.18. The summed E-state index contributed by atoms with van der Waals surface area (Å²) in [5.74, 6) is 0.0961. The van der Waals surface area contributed by atoms with Crippen molar-refractivity contribution in [2.45, 2.75) is 32.2 Å². The summed E-state index contributed by atoms with van der Waals surface area (Å²) < 4.78 is 27.9. The minimum absolute atomic E-state index is 0.0441. The Kier molecular flexibility index (Phi) is 5.22. The Balaban J connectivity index is 1.88. The number of nitrogens with one attached hydrogen (secondary N) is 1. The lowest BCUT2D eigenvalue weighted by atomic mass is 10.2. The molecule has 1 N–H and O–H groups in total. The van der Waals surface area contributed by atoms with Gasteiger partial charge in [0.25, 0.3) is 0 Å². The number of sulfone groups is 1. The topological polar surface area (TPSA) is 72.5 Å². The van der Waals surface area contributed by atoms with Gasteiger partial charge in [-0.05, 0) is 37.1 Å². The standard InChI is InChI=1S/C15H21NO4S/c1-2-3-9-20-15(17)12-4-6-13(7-5-12)16-14-8-10-21(18,19)11-14/h4-7,14,16H,2-3,8-11H2,1H3. The fraction of sp³-hybridized carbons (Fsp3) is 0.533. The van der Waals surface area contributed by atoms with Crippen LogP contribution in [0.2, 0.25) is 0 Å². The Hall–Kier alpha value is -1.56. The van der Waals surface area contributed by atoms with Crippen molar-refractivity contribution in [2.24, 2.45) is 0 Å². The predicted molar refractivity (Wildman–Crippen MR) is 82.3 cm³/mol. The Morgan fingerprint density at radius 1 is 1.33 bits per heavy atom. The lowest BCUT2D eigenvalue weighted by Gasteiger charge is -2.12. The molecule has 1 fully saturated rings. The molecule has 0 bridgehead atoms. The van der Waals surface area contributed by atoms with Crippen LogP contribution in [0.25, 0.3) is 0 Å². The summed E-state index contributed by atoms with van der Waals surface area (Å²) in [6.45, 7) is 2.48. The summed E-state index contributed by atoms with van der Waals surface area (Å²) in [6.07, 6.45) is 2.48.